The third kappa shape index (κ3) is 7.17. The normalized spacial score (nSPS) is 16.6. The minimum Gasteiger partial charge on any atom is -0.509 e. The van der Waals surface area contributed by atoms with Crippen LogP contribution in [0.4, 0.5) is 4.39 Å². The van der Waals surface area contributed by atoms with Gasteiger partial charge in [-0.1, -0.05) is 36.1 Å². The van der Waals surface area contributed by atoms with Gasteiger partial charge in [-0.3, -0.25) is 14.7 Å². The summed E-state index contributed by atoms with van der Waals surface area (Å²) >= 11 is 0. The molecule has 8 heteroatoms. The molecule has 2 heterocycles. The van der Waals surface area contributed by atoms with Crippen LogP contribution < -0.4 is 10.6 Å². The van der Waals surface area contributed by atoms with Gasteiger partial charge in [-0.2, -0.15) is 0 Å². The summed E-state index contributed by atoms with van der Waals surface area (Å²) in [7, 11) is 0. The van der Waals surface area contributed by atoms with Crippen molar-refractivity contribution >= 4 is 12.2 Å². The number of allylic oxidation sites excluding steroid dienone is 1. The van der Waals surface area contributed by atoms with Crippen molar-refractivity contribution in [1.82, 2.24) is 15.5 Å². The van der Waals surface area contributed by atoms with Crippen LogP contribution >= 0.6 is 0 Å². The van der Waals surface area contributed by atoms with Crippen LogP contribution in [-0.4, -0.2) is 68.3 Å². The number of aliphatic imine (C=N–C) groups is 1. The monoisotopic (exact) mass is 490 g/mol. The average molecular weight is 491 g/mol. The molecule has 1 amide bonds. The predicted molar refractivity (Wildman–Crippen MR) is 137 cm³/mol. The van der Waals surface area contributed by atoms with Crippen molar-refractivity contribution in [1.29, 1.82) is 0 Å². The Kier molecular flexibility index (Phi) is 9.09. The molecular weight excluding hydrogens is 459 g/mol. The van der Waals surface area contributed by atoms with E-state index >= 15 is 0 Å². The van der Waals surface area contributed by atoms with E-state index in [2.05, 4.69) is 44.5 Å². The first kappa shape index (κ1) is 25.4. The molecular formula is C28H31FN4O3. The molecule has 1 fully saturated rings. The molecule has 0 saturated carbocycles. The molecule has 0 spiro atoms. The Labute approximate surface area is 211 Å². The van der Waals surface area contributed by atoms with E-state index in [-0.39, 0.29) is 31.2 Å². The van der Waals surface area contributed by atoms with Gasteiger partial charge in [-0.25, -0.2) is 4.39 Å². The van der Waals surface area contributed by atoms with Gasteiger partial charge in [0.25, 0.3) is 0 Å². The highest BCUT2D eigenvalue weighted by Gasteiger charge is 2.24. The van der Waals surface area contributed by atoms with Crippen LogP contribution in [0.2, 0.25) is 0 Å². The largest absolute Gasteiger partial charge is 0.509 e. The first-order chi connectivity index (χ1) is 17.6. The minimum absolute atomic E-state index is 0.0515. The topological polar surface area (TPSA) is 86.2 Å². The summed E-state index contributed by atoms with van der Waals surface area (Å²) < 4.78 is 18.0. The van der Waals surface area contributed by atoms with Crippen LogP contribution in [0.15, 0.2) is 65.0 Å². The standard InChI is InChI=1S/C28H31FN4O3/c29-11-12-31-28(35)25(17-26-27(34)18-30-20-32-26)24-9-7-22(8-10-24)2-1-21-3-5-23(6-4-21)19-33-13-15-36-16-14-33/h3-10,20,25,34H,11-19H2,(H,30,32)(H,31,35). The van der Waals surface area contributed by atoms with E-state index < -0.39 is 12.6 Å². The lowest BCUT2D eigenvalue weighted by atomic mass is 9.92. The van der Waals surface area contributed by atoms with E-state index in [0.717, 1.165) is 49.5 Å². The first-order valence-electron chi connectivity index (χ1n) is 12.1. The molecule has 0 bridgehead atoms. The molecule has 2 aromatic carbocycles. The number of nitrogens with zero attached hydrogens (tertiary/aromatic N) is 2. The van der Waals surface area contributed by atoms with Crippen molar-refractivity contribution < 1.29 is 19.0 Å². The zero-order chi connectivity index (χ0) is 25.2. The van der Waals surface area contributed by atoms with Gasteiger partial charge >= 0.3 is 0 Å². The highest BCUT2D eigenvalue weighted by atomic mass is 19.1. The van der Waals surface area contributed by atoms with E-state index in [0.29, 0.717) is 5.70 Å². The van der Waals surface area contributed by atoms with Crippen LogP contribution in [0.5, 0.6) is 0 Å². The SMILES string of the molecule is O=C(NCCF)C(CC1=C(O)CN=CN1)c1ccc(C#Cc2ccc(CN3CCOCC3)cc2)cc1. The Hall–Kier alpha value is -3.67. The molecule has 0 aromatic heterocycles. The van der Waals surface area contributed by atoms with Crippen LogP contribution in [0.1, 0.15) is 34.6 Å². The van der Waals surface area contributed by atoms with Crippen molar-refractivity contribution in [2.24, 2.45) is 4.99 Å². The number of aliphatic hydroxyl groups is 1. The summed E-state index contributed by atoms with van der Waals surface area (Å²) in [6.45, 7) is 3.89. The second-order valence-corrected chi connectivity index (χ2v) is 8.73. The molecule has 36 heavy (non-hydrogen) atoms. The summed E-state index contributed by atoms with van der Waals surface area (Å²) in [6, 6.07) is 15.7. The minimum atomic E-state index is -0.639. The number of nitrogens with one attached hydrogen (secondary N) is 2. The van der Waals surface area contributed by atoms with E-state index in [9.17, 15) is 14.3 Å². The number of amides is 1. The van der Waals surface area contributed by atoms with Gasteiger partial charge in [0.05, 0.1) is 37.7 Å². The molecule has 4 rings (SSSR count). The predicted octanol–water partition coefficient (Wildman–Crippen LogP) is 2.88. The Bertz CT molecular complexity index is 1140. The maximum atomic E-state index is 12.8. The number of rotatable bonds is 8. The summed E-state index contributed by atoms with van der Waals surface area (Å²) in [5.41, 5.74) is 4.30. The number of carbonyl (C=O) groups excluding carboxylic acids is 1. The molecule has 188 valence electrons. The Morgan fingerprint density at radius 2 is 1.78 bits per heavy atom. The number of hydrogen-bond acceptors (Lipinski definition) is 6. The Morgan fingerprint density at radius 1 is 1.11 bits per heavy atom. The number of alkyl halides is 1. The van der Waals surface area contributed by atoms with Gasteiger partial charge in [-0.15, -0.1) is 0 Å². The van der Waals surface area contributed by atoms with E-state index in [1.165, 1.54) is 11.9 Å². The third-order valence-corrected chi connectivity index (χ3v) is 6.17. The first-order valence-corrected chi connectivity index (χ1v) is 12.1. The summed E-state index contributed by atoms with van der Waals surface area (Å²) in [5, 5.41) is 15.7. The fraction of sp³-hybridized carbons (Fsp3) is 0.357. The van der Waals surface area contributed by atoms with Crippen molar-refractivity contribution in [3.63, 3.8) is 0 Å². The van der Waals surface area contributed by atoms with Crippen molar-refractivity contribution in [3.05, 3.63) is 82.2 Å². The maximum absolute atomic E-state index is 12.8. The van der Waals surface area contributed by atoms with Gasteiger partial charge in [0.2, 0.25) is 5.91 Å². The summed E-state index contributed by atoms with van der Waals surface area (Å²) in [6.07, 6.45) is 1.75. The number of ether oxygens (including phenoxy) is 1. The number of morpholine rings is 1. The van der Waals surface area contributed by atoms with Crippen molar-refractivity contribution in [2.45, 2.75) is 18.9 Å². The lowest BCUT2D eigenvalue weighted by Crippen LogP contribution is -2.35. The average Bonchev–Trinajstić information content (AvgIpc) is 2.92. The number of halogens is 1. The zero-order valence-corrected chi connectivity index (χ0v) is 20.2. The molecule has 1 atom stereocenters. The second-order valence-electron chi connectivity index (χ2n) is 8.73. The molecule has 2 aliphatic rings. The highest BCUT2D eigenvalue weighted by Crippen LogP contribution is 2.25. The van der Waals surface area contributed by atoms with Crippen LogP contribution in [-0.2, 0) is 16.1 Å². The smallest absolute Gasteiger partial charge is 0.228 e. The van der Waals surface area contributed by atoms with Gasteiger partial charge < -0.3 is 20.5 Å². The third-order valence-electron chi connectivity index (χ3n) is 6.17. The van der Waals surface area contributed by atoms with Gasteiger partial charge in [-0.05, 0) is 35.4 Å². The van der Waals surface area contributed by atoms with Crippen LogP contribution in [0, 0.1) is 11.8 Å². The van der Waals surface area contributed by atoms with Gasteiger partial charge in [0.1, 0.15) is 12.4 Å². The number of carbonyl (C=O) groups is 1. The Morgan fingerprint density at radius 3 is 2.42 bits per heavy atom. The van der Waals surface area contributed by atoms with Crippen molar-refractivity contribution in [2.75, 3.05) is 46.1 Å². The van der Waals surface area contributed by atoms with E-state index in [1.54, 1.807) is 0 Å². The van der Waals surface area contributed by atoms with E-state index in [1.807, 2.05) is 36.4 Å². The number of benzene rings is 2. The fourth-order valence-electron chi connectivity index (χ4n) is 4.12. The zero-order valence-electron chi connectivity index (χ0n) is 20.2. The number of aliphatic hydroxyl groups excluding tert-OH is 1. The molecule has 7 nitrogen and oxygen atoms in total. The second kappa shape index (κ2) is 12.9. The van der Waals surface area contributed by atoms with Crippen molar-refractivity contribution in [3.8, 4) is 11.8 Å². The molecule has 0 aliphatic carbocycles. The van der Waals surface area contributed by atoms with E-state index in [4.69, 9.17) is 4.74 Å². The fourth-order valence-corrected chi connectivity index (χ4v) is 4.12. The lowest BCUT2D eigenvalue weighted by Gasteiger charge is -2.26. The van der Waals surface area contributed by atoms with Crippen LogP contribution in [0.3, 0.4) is 0 Å². The maximum Gasteiger partial charge on any atom is 0.228 e. The summed E-state index contributed by atoms with van der Waals surface area (Å²) in [5.74, 6) is 5.58. The lowest BCUT2D eigenvalue weighted by molar-refractivity contribution is -0.122. The summed E-state index contributed by atoms with van der Waals surface area (Å²) in [4.78, 5) is 19.1. The molecule has 0 radical (unpaired) electrons. The van der Waals surface area contributed by atoms with Crippen LogP contribution in [0.25, 0.3) is 0 Å². The molecule has 1 saturated heterocycles. The highest BCUT2D eigenvalue weighted by molar-refractivity contribution is 5.84. The Balaban J connectivity index is 1.42. The molecule has 2 aromatic rings. The van der Waals surface area contributed by atoms with Gasteiger partial charge in [0.15, 0.2) is 0 Å². The molecule has 2 aliphatic heterocycles. The quantitative estimate of drug-likeness (QED) is 0.496. The number of hydrogen-bond donors (Lipinski definition) is 3. The molecule has 1 unspecified atom stereocenters. The molecule has 3 N–H and O–H groups in total. The van der Waals surface area contributed by atoms with Gasteiger partial charge in [0, 0.05) is 43.7 Å².